The maximum Gasteiger partial charge on any atom is 0.290 e. The predicted octanol–water partition coefficient (Wildman–Crippen LogP) is 3.59. The lowest BCUT2D eigenvalue weighted by Crippen LogP contribution is -2.07. The van der Waals surface area contributed by atoms with Gasteiger partial charge in [-0.25, -0.2) is 0 Å². The topological polar surface area (TPSA) is 76.9 Å². The van der Waals surface area contributed by atoms with E-state index in [1.54, 1.807) is 0 Å². The van der Waals surface area contributed by atoms with Gasteiger partial charge in [-0.1, -0.05) is 42.5 Å². The average Bonchev–Trinajstić information content (AvgIpc) is 2.58. The van der Waals surface area contributed by atoms with Crippen LogP contribution in [0.4, 0.5) is 0 Å². The third-order valence-corrected chi connectivity index (χ3v) is 3.75. The first-order valence-corrected chi connectivity index (χ1v) is 7.13. The van der Waals surface area contributed by atoms with Crippen molar-refractivity contribution in [2.45, 2.75) is 6.92 Å². The molecule has 0 spiro atoms. The number of nitriles is 1. The lowest BCUT2D eigenvalue weighted by Gasteiger charge is -2.10. The highest BCUT2D eigenvalue weighted by Gasteiger charge is 2.11. The minimum absolute atomic E-state index is 0.227. The summed E-state index contributed by atoms with van der Waals surface area (Å²) in [7, 11) is 0. The number of aromatic hydroxyl groups is 1. The number of rotatable bonds is 2. The van der Waals surface area contributed by atoms with Crippen LogP contribution in [0, 0.1) is 18.3 Å². The summed E-state index contributed by atoms with van der Waals surface area (Å²) in [6.45, 7) is 2.01. The molecule has 4 heteroatoms. The molecule has 4 nitrogen and oxygen atoms in total. The first-order chi connectivity index (χ1) is 11.1. The number of hydrogen-bond donors (Lipinski definition) is 2. The Bertz CT molecular complexity index is 967. The van der Waals surface area contributed by atoms with E-state index in [2.05, 4.69) is 4.98 Å². The van der Waals surface area contributed by atoms with Crippen LogP contribution in [0.5, 0.6) is 5.75 Å². The lowest BCUT2D eigenvalue weighted by molar-refractivity contribution is 0.466. The van der Waals surface area contributed by atoms with Crippen LogP contribution < -0.4 is 5.56 Å². The molecule has 3 rings (SSSR count). The van der Waals surface area contributed by atoms with Gasteiger partial charge in [0.2, 0.25) is 0 Å². The first kappa shape index (κ1) is 14.6. The highest BCUT2D eigenvalue weighted by atomic mass is 16.3. The van der Waals surface area contributed by atoms with Gasteiger partial charge in [0.1, 0.15) is 6.07 Å². The van der Waals surface area contributed by atoms with Crippen molar-refractivity contribution in [3.05, 3.63) is 76.1 Å². The number of aryl methyl sites for hydroxylation is 1. The molecule has 3 aromatic rings. The lowest BCUT2D eigenvalue weighted by atomic mass is 9.96. The van der Waals surface area contributed by atoms with Crippen molar-refractivity contribution < 1.29 is 5.11 Å². The Morgan fingerprint density at radius 2 is 1.78 bits per heavy atom. The van der Waals surface area contributed by atoms with E-state index in [4.69, 9.17) is 0 Å². The van der Waals surface area contributed by atoms with E-state index in [-0.39, 0.29) is 5.56 Å². The smallest absolute Gasteiger partial charge is 0.290 e. The zero-order valence-electron chi connectivity index (χ0n) is 12.5. The van der Waals surface area contributed by atoms with E-state index in [0.29, 0.717) is 5.69 Å². The number of nitrogens with one attached hydrogen (secondary N) is 1. The average molecular weight is 302 g/mol. The third kappa shape index (κ3) is 2.72. The summed E-state index contributed by atoms with van der Waals surface area (Å²) in [6.07, 6.45) is 0. The van der Waals surface area contributed by atoms with E-state index < -0.39 is 11.3 Å². The van der Waals surface area contributed by atoms with Gasteiger partial charge in [0.05, 0.1) is 11.3 Å². The van der Waals surface area contributed by atoms with Gasteiger partial charge in [-0.3, -0.25) is 4.79 Å². The van der Waals surface area contributed by atoms with Gasteiger partial charge in [-0.05, 0) is 29.7 Å². The number of aromatic nitrogens is 1. The summed E-state index contributed by atoms with van der Waals surface area (Å²) in [5.74, 6) is -0.458. The fourth-order valence-corrected chi connectivity index (χ4v) is 2.54. The summed E-state index contributed by atoms with van der Waals surface area (Å²) in [6, 6.07) is 18.8. The van der Waals surface area contributed by atoms with Crippen molar-refractivity contribution in [3.8, 4) is 34.2 Å². The molecule has 0 bridgehead atoms. The Morgan fingerprint density at radius 3 is 2.48 bits per heavy atom. The molecule has 0 saturated heterocycles. The fraction of sp³-hybridized carbons (Fsp3) is 0.0526. The van der Waals surface area contributed by atoms with Gasteiger partial charge in [-0.15, -0.1) is 0 Å². The van der Waals surface area contributed by atoms with Gasteiger partial charge in [0, 0.05) is 11.6 Å². The molecule has 0 fully saturated rings. The van der Waals surface area contributed by atoms with Crippen molar-refractivity contribution >= 4 is 0 Å². The Hall–Kier alpha value is -3.32. The summed E-state index contributed by atoms with van der Waals surface area (Å²) in [5.41, 5.74) is 3.94. The molecule has 0 radical (unpaired) electrons. The molecule has 0 aliphatic carbocycles. The molecule has 1 heterocycles. The summed E-state index contributed by atoms with van der Waals surface area (Å²) in [4.78, 5) is 14.3. The number of H-pyrrole nitrogens is 1. The monoisotopic (exact) mass is 302 g/mol. The van der Waals surface area contributed by atoms with Gasteiger partial charge >= 0.3 is 0 Å². The summed E-state index contributed by atoms with van der Waals surface area (Å²) < 4.78 is 0. The maximum atomic E-state index is 11.7. The number of benzene rings is 2. The predicted molar refractivity (Wildman–Crippen MR) is 89.1 cm³/mol. The van der Waals surface area contributed by atoms with Crippen molar-refractivity contribution in [2.75, 3.05) is 0 Å². The van der Waals surface area contributed by atoms with Gasteiger partial charge < -0.3 is 10.1 Å². The van der Waals surface area contributed by atoms with Crippen LogP contribution in [0.1, 0.15) is 11.1 Å². The van der Waals surface area contributed by atoms with E-state index in [0.717, 1.165) is 22.3 Å². The second-order valence-electron chi connectivity index (χ2n) is 5.28. The van der Waals surface area contributed by atoms with Crippen LogP contribution >= 0.6 is 0 Å². The van der Waals surface area contributed by atoms with E-state index >= 15 is 0 Å². The summed E-state index contributed by atoms with van der Waals surface area (Å²) >= 11 is 0. The highest BCUT2D eigenvalue weighted by molar-refractivity contribution is 5.76. The van der Waals surface area contributed by atoms with Crippen LogP contribution in [0.15, 0.2) is 59.4 Å². The molecule has 2 aromatic carbocycles. The maximum absolute atomic E-state index is 11.7. The van der Waals surface area contributed by atoms with Crippen LogP contribution in [0.25, 0.3) is 22.4 Å². The minimum Gasteiger partial charge on any atom is -0.503 e. The number of nitrogens with zero attached hydrogens (tertiary/aromatic N) is 1. The fourth-order valence-electron chi connectivity index (χ4n) is 2.54. The van der Waals surface area contributed by atoms with Gasteiger partial charge in [0.25, 0.3) is 5.56 Å². The zero-order chi connectivity index (χ0) is 16.4. The van der Waals surface area contributed by atoms with Gasteiger partial charge in [0.15, 0.2) is 5.75 Å². The number of hydrogen-bond acceptors (Lipinski definition) is 3. The van der Waals surface area contributed by atoms with Gasteiger partial charge in [-0.2, -0.15) is 5.26 Å². The molecule has 0 aliphatic rings. The second kappa shape index (κ2) is 5.82. The van der Waals surface area contributed by atoms with Crippen LogP contribution in [-0.2, 0) is 0 Å². The Balaban J connectivity index is 2.22. The Labute approximate surface area is 133 Å². The van der Waals surface area contributed by atoms with Crippen LogP contribution in [-0.4, -0.2) is 10.1 Å². The zero-order valence-corrected chi connectivity index (χ0v) is 12.5. The van der Waals surface area contributed by atoms with Crippen molar-refractivity contribution in [2.24, 2.45) is 0 Å². The first-order valence-electron chi connectivity index (χ1n) is 7.13. The summed E-state index contributed by atoms with van der Waals surface area (Å²) in [5, 5.41) is 18.7. The quantitative estimate of drug-likeness (QED) is 0.759. The second-order valence-corrected chi connectivity index (χ2v) is 5.28. The number of pyridine rings is 1. The van der Waals surface area contributed by atoms with Crippen LogP contribution in [0.3, 0.4) is 0 Å². The van der Waals surface area contributed by atoms with E-state index in [9.17, 15) is 15.2 Å². The largest absolute Gasteiger partial charge is 0.503 e. The Morgan fingerprint density at radius 1 is 1.04 bits per heavy atom. The standard InChI is InChI=1S/C19H14N2O2/c1-12-7-8-14(9-16(12)13-5-3-2-4-6-13)18-15(11-20)10-17(22)19(23)21-18/h2-10,22H,1H3,(H,21,23). The molecule has 0 aliphatic heterocycles. The molecule has 2 N–H and O–H groups in total. The number of aromatic amines is 1. The molecule has 0 unspecified atom stereocenters. The molecule has 0 atom stereocenters. The van der Waals surface area contributed by atoms with E-state index in [1.807, 2.05) is 61.5 Å². The van der Waals surface area contributed by atoms with Crippen LogP contribution in [0.2, 0.25) is 0 Å². The van der Waals surface area contributed by atoms with Crippen molar-refractivity contribution in [1.82, 2.24) is 4.98 Å². The molecule has 112 valence electrons. The van der Waals surface area contributed by atoms with E-state index in [1.165, 1.54) is 6.07 Å². The molecule has 0 saturated carbocycles. The highest BCUT2D eigenvalue weighted by Crippen LogP contribution is 2.29. The SMILES string of the molecule is Cc1ccc(-c2[nH]c(=O)c(O)cc2C#N)cc1-c1ccccc1. The molecule has 1 aromatic heterocycles. The minimum atomic E-state index is -0.610. The Kier molecular flexibility index (Phi) is 3.70. The molecular formula is C19H14N2O2. The van der Waals surface area contributed by atoms with Crippen molar-refractivity contribution in [3.63, 3.8) is 0 Å². The molecule has 23 heavy (non-hydrogen) atoms. The molecular weight excluding hydrogens is 288 g/mol. The third-order valence-electron chi connectivity index (χ3n) is 3.75. The van der Waals surface area contributed by atoms with Crippen molar-refractivity contribution in [1.29, 1.82) is 5.26 Å². The normalized spacial score (nSPS) is 10.3. The molecule has 0 amide bonds.